The number of hydrogen-bond donors (Lipinski definition) is 1. The number of likely N-dealkylation sites (N-methyl/N-ethyl adjacent to an activating group) is 1. The van der Waals surface area contributed by atoms with Gasteiger partial charge in [0.1, 0.15) is 6.23 Å². The standard InChI is InChI=1S/C28H47N3O3/c1-3-33-19-12-20-34-27-17-10-11-18-30(27)28(32)31(23-25-15-8-5-9-16-25)26(22-29-2)21-24-13-6-4-7-14-24/h5,8-9,15-16,24,26-27,29H,3-4,6-7,10-14,17-23H2,1-2H3/t26-,27?/m0/s1. The number of nitrogens with zero attached hydrogens (tertiary/aromatic N) is 2. The number of amides is 2. The average molecular weight is 474 g/mol. The minimum absolute atomic E-state index is 0.133. The zero-order chi connectivity index (χ0) is 24.0. The second kappa shape index (κ2) is 15.4. The Kier molecular flexibility index (Phi) is 12.2. The Morgan fingerprint density at radius 3 is 2.59 bits per heavy atom. The molecule has 0 aromatic heterocycles. The molecule has 1 aromatic rings. The van der Waals surface area contributed by atoms with Crippen molar-refractivity contribution in [1.82, 2.24) is 15.1 Å². The maximum absolute atomic E-state index is 14.1. The van der Waals surface area contributed by atoms with Crippen molar-refractivity contribution < 1.29 is 14.3 Å². The summed E-state index contributed by atoms with van der Waals surface area (Å²) in [6, 6.07) is 10.8. The first-order valence-electron chi connectivity index (χ1n) is 13.7. The van der Waals surface area contributed by atoms with Crippen molar-refractivity contribution in [3.63, 3.8) is 0 Å². The molecule has 1 heterocycles. The quantitative estimate of drug-likeness (QED) is 0.389. The van der Waals surface area contributed by atoms with E-state index < -0.39 is 0 Å². The highest BCUT2D eigenvalue weighted by Gasteiger charge is 2.34. The lowest BCUT2D eigenvalue weighted by molar-refractivity contribution is -0.0699. The summed E-state index contributed by atoms with van der Waals surface area (Å²) >= 11 is 0. The van der Waals surface area contributed by atoms with Crippen LogP contribution in [-0.4, -0.2) is 68.1 Å². The second-order valence-corrected chi connectivity index (χ2v) is 9.91. The molecule has 6 nitrogen and oxygen atoms in total. The molecule has 1 unspecified atom stereocenters. The molecule has 2 fully saturated rings. The van der Waals surface area contributed by atoms with Crippen LogP contribution in [0.5, 0.6) is 0 Å². The maximum atomic E-state index is 14.1. The summed E-state index contributed by atoms with van der Waals surface area (Å²) < 4.78 is 11.7. The third-order valence-electron chi connectivity index (χ3n) is 7.29. The van der Waals surface area contributed by atoms with Gasteiger partial charge in [-0.3, -0.25) is 4.90 Å². The van der Waals surface area contributed by atoms with Gasteiger partial charge in [0, 0.05) is 38.9 Å². The highest BCUT2D eigenvalue weighted by Crippen LogP contribution is 2.30. The van der Waals surface area contributed by atoms with Crippen LogP contribution < -0.4 is 5.32 Å². The van der Waals surface area contributed by atoms with Crippen LogP contribution in [0.15, 0.2) is 30.3 Å². The van der Waals surface area contributed by atoms with Crippen molar-refractivity contribution in [1.29, 1.82) is 0 Å². The van der Waals surface area contributed by atoms with Crippen LogP contribution in [0.2, 0.25) is 0 Å². The van der Waals surface area contributed by atoms with Crippen LogP contribution >= 0.6 is 0 Å². The van der Waals surface area contributed by atoms with E-state index in [9.17, 15) is 4.79 Å². The molecule has 34 heavy (non-hydrogen) atoms. The lowest BCUT2D eigenvalue weighted by atomic mass is 9.84. The van der Waals surface area contributed by atoms with Crippen molar-refractivity contribution >= 4 is 6.03 Å². The summed E-state index contributed by atoms with van der Waals surface area (Å²) in [5.74, 6) is 0.713. The minimum atomic E-state index is -0.133. The van der Waals surface area contributed by atoms with Gasteiger partial charge in [-0.2, -0.15) is 0 Å². The number of nitrogens with one attached hydrogen (secondary N) is 1. The van der Waals surface area contributed by atoms with E-state index in [1.54, 1.807) is 0 Å². The number of rotatable bonds is 13. The normalized spacial score (nSPS) is 20.3. The van der Waals surface area contributed by atoms with Gasteiger partial charge < -0.3 is 19.7 Å². The van der Waals surface area contributed by atoms with Gasteiger partial charge in [-0.25, -0.2) is 4.79 Å². The molecule has 1 saturated carbocycles. The van der Waals surface area contributed by atoms with Crippen LogP contribution in [0.1, 0.15) is 76.7 Å². The highest BCUT2D eigenvalue weighted by atomic mass is 16.5. The Morgan fingerprint density at radius 2 is 1.85 bits per heavy atom. The molecule has 1 aliphatic carbocycles. The van der Waals surface area contributed by atoms with Gasteiger partial charge in [0.05, 0.1) is 6.61 Å². The first-order valence-corrected chi connectivity index (χ1v) is 13.7. The molecule has 3 rings (SSSR count). The van der Waals surface area contributed by atoms with Crippen molar-refractivity contribution in [3.05, 3.63) is 35.9 Å². The smallest absolute Gasteiger partial charge is 0.322 e. The number of piperidine rings is 1. The zero-order valence-electron chi connectivity index (χ0n) is 21.6. The van der Waals surface area contributed by atoms with E-state index >= 15 is 0 Å². The van der Waals surface area contributed by atoms with Crippen LogP contribution in [-0.2, 0) is 16.0 Å². The molecular weight excluding hydrogens is 426 g/mol. The van der Waals surface area contributed by atoms with Gasteiger partial charge >= 0.3 is 6.03 Å². The molecule has 0 bridgehead atoms. The molecule has 1 aromatic carbocycles. The third-order valence-corrected chi connectivity index (χ3v) is 7.29. The summed E-state index contributed by atoms with van der Waals surface area (Å²) in [5, 5.41) is 3.39. The molecule has 1 saturated heterocycles. The topological polar surface area (TPSA) is 54.0 Å². The zero-order valence-corrected chi connectivity index (χ0v) is 21.6. The van der Waals surface area contributed by atoms with E-state index in [1.807, 2.05) is 24.9 Å². The fourth-order valence-electron chi connectivity index (χ4n) is 5.48. The molecule has 1 aliphatic heterocycles. The Morgan fingerprint density at radius 1 is 1.09 bits per heavy atom. The van der Waals surface area contributed by atoms with Crippen molar-refractivity contribution in [2.45, 2.75) is 89.9 Å². The predicted octanol–water partition coefficient (Wildman–Crippen LogP) is 5.42. The lowest BCUT2D eigenvalue weighted by Crippen LogP contribution is -2.55. The summed E-state index contributed by atoms with van der Waals surface area (Å²) in [6.07, 6.45) is 11.5. The van der Waals surface area contributed by atoms with Crippen LogP contribution in [0.4, 0.5) is 4.79 Å². The lowest BCUT2D eigenvalue weighted by Gasteiger charge is -2.42. The number of hydrogen-bond acceptors (Lipinski definition) is 4. The minimum Gasteiger partial charge on any atom is -0.382 e. The number of likely N-dealkylation sites (tertiary alicyclic amines) is 1. The predicted molar refractivity (Wildman–Crippen MR) is 138 cm³/mol. The monoisotopic (exact) mass is 473 g/mol. The molecule has 6 heteroatoms. The van der Waals surface area contributed by atoms with E-state index in [0.717, 1.165) is 51.8 Å². The molecule has 1 N–H and O–H groups in total. The van der Waals surface area contributed by atoms with E-state index in [4.69, 9.17) is 9.47 Å². The van der Waals surface area contributed by atoms with Crippen molar-refractivity contribution in [2.24, 2.45) is 5.92 Å². The second-order valence-electron chi connectivity index (χ2n) is 9.91. The molecule has 0 spiro atoms. The van der Waals surface area contributed by atoms with Crippen LogP contribution in [0.25, 0.3) is 0 Å². The van der Waals surface area contributed by atoms with Gasteiger partial charge in [0.25, 0.3) is 0 Å². The molecule has 2 amide bonds. The van der Waals surface area contributed by atoms with Crippen LogP contribution in [0.3, 0.4) is 0 Å². The van der Waals surface area contributed by atoms with E-state index in [2.05, 4.69) is 34.5 Å². The fraction of sp³-hybridized carbons (Fsp3) is 0.750. The first-order chi connectivity index (χ1) is 16.7. The third kappa shape index (κ3) is 8.54. The van der Waals surface area contributed by atoms with Crippen molar-refractivity contribution in [2.75, 3.05) is 40.0 Å². The van der Waals surface area contributed by atoms with Gasteiger partial charge in [-0.05, 0) is 57.6 Å². The molecule has 2 aliphatic rings. The number of carbonyl (C=O) groups excluding carboxylic acids is 1. The van der Waals surface area contributed by atoms with Gasteiger partial charge in [0.15, 0.2) is 0 Å². The Hall–Kier alpha value is -1.63. The Labute approximate surface area is 207 Å². The Balaban J connectivity index is 1.74. The number of urea groups is 1. The number of ether oxygens (including phenoxy) is 2. The number of carbonyl (C=O) groups is 1. The SMILES string of the molecule is CCOCCCOC1CCCCN1C(=O)N(Cc1ccccc1)[C@H](CNC)CC1CCCCC1. The molecule has 192 valence electrons. The summed E-state index contributed by atoms with van der Waals surface area (Å²) in [4.78, 5) is 18.3. The fourth-order valence-corrected chi connectivity index (χ4v) is 5.48. The van der Waals surface area contributed by atoms with Gasteiger partial charge in [0.2, 0.25) is 0 Å². The number of benzene rings is 1. The van der Waals surface area contributed by atoms with Gasteiger partial charge in [-0.15, -0.1) is 0 Å². The van der Waals surface area contributed by atoms with Gasteiger partial charge in [-0.1, -0.05) is 62.4 Å². The summed E-state index contributed by atoms with van der Waals surface area (Å²) in [7, 11) is 2.00. The molecule has 2 atom stereocenters. The Bertz CT molecular complexity index is 681. The van der Waals surface area contributed by atoms with Crippen molar-refractivity contribution in [3.8, 4) is 0 Å². The largest absolute Gasteiger partial charge is 0.382 e. The van der Waals surface area contributed by atoms with E-state index in [1.165, 1.54) is 37.7 Å². The molecular formula is C28H47N3O3. The molecule has 0 radical (unpaired) electrons. The van der Waals surface area contributed by atoms with E-state index in [-0.39, 0.29) is 18.3 Å². The summed E-state index contributed by atoms with van der Waals surface area (Å²) in [5.41, 5.74) is 1.19. The maximum Gasteiger partial charge on any atom is 0.322 e. The first kappa shape index (κ1) is 27.0. The average Bonchev–Trinajstić information content (AvgIpc) is 2.88. The van der Waals surface area contributed by atoms with E-state index in [0.29, 0.717) is 25.7 Å². The summed E-state index contributed by atoms with van der Waals surface area (Å²) in [6.45, 7) is 6.33. The van der Waals surface area contributed by atoms with Crippen LogP contribution in [0, 0.1) is 5.92 Å². The highest BCUT2D eigenvalue weighted by molar-refractivity contribution is 5.75.